The number of amides is 2. The van der Waals surface area contributed by atoms with E-state index in [4.69, 9.17) is 4.74 Å². The summed E-state index contributed by atoms with van der Waals surface area (Å²) >= 11 is 0. The summed E-state index contributed by atoms with van der Waals surface area (Å²) in [5, 5.41) is 12.1. The number of hydrogen-bond donors (Lipinski definition) is 2. The minimum absolute atomic E-state index is 0.00252. The first-order valence-corrected chi connectivity index (χ1v) is 12.3. The van der Waals surface area contributed by atoms with Crippen LogP contribution < -0.4 is 5.32 Å². The van der Waals surface area contributed by atoms with E-state index in [0.29, 0.717) is 19.6 Å². The van der Waals surface area contributed by atoms with Gasteiger partial charge in [-0.25, -0.2) is 4.79 Å². The van der Waals surface area contributed by atoms with Gasteiger partial charge in [0.05, 0.1) is 5.92 Å². The lowest BCUT2D eigenvalue weighted by Crippen LogP contribution is -2.42. The number of benzene rings is 2. The summed E-state index contributed by atoms with van der Waals surface area (Å²) in [4.78, 5) is 38.5. The van der Waals surface area contributed by atoms with Crippen LogP contribution in [0.2, 0.25) is 0 Å². The molecule has 1 unspecified atom stereocenters. The third kappa shape index (κ3) is 4.64. The van der Waals surface area contributed by atoms with Gasteiger partial charge in [0, 0.05) is 32.0 Å². The van der Waals surface area contributed by atoms with Crippen LogP contribution in [0.25, 0.3) is 11.1 Å². The highest BCUT2D eigenvalue weighted by molar-refractivity contribution is 5.80. The van der Waals surface area contributed by atoms with Crippen LogP contribution in [-0.4, -0.2) is 54.2 Å². The van der Waals surface area contributed by atoms with Gasteiger partial charge in [-0.2, -0.15) is 0 Å². The van der Waals surface area contributed by atoms with Crippen molar-refractivity contribution < 1.29 is 24.2 Å². The van der Waals surface area contributed by atoms with E-state index in [1.807, 2.05) is 38.1 Å². The fraction of sp³-hybridized carbons (Fsp3) is 0.464. The van der Waals surface area contributed by atoms with E-state index in [1.54, 1.807) is 4.90 Å². The zero-order valence-electron chi connectivity index (χ0n) is 20.2. The summed E-state index contributed by atoms with van der Waals surface area (Å²) in [6.45, 7) is 5.58. The van der Waals surface area contributed by atoms with Crippen LogP contribution in [0.5, 0.6) is 0 Å². The number of alkyl carbamates (subject to hydrolysis) is 1. The van der Waals surface area contributed by atoms with Crippen LogP contribution >= 0.6 is 0 Å². The Morgan fingerprint density at radius 3 is 2.29 bits per heavy atom. The minimum Gasteiger partial charge on any atom is -0.481 e. The van der Waals surface area contributed by atoms with Crippen LogP contribution in [0, 0.1) is 23.2 Å². The Hall–Kier alpha value is -3.35. The van der Waals surface area contributed by atoms with Gasteiger partial charge in [0.25, 0.3) is 0 Å². The van der Waals surface area contributed by atoms with Crippen molar-refractivity contribution in [1.29, 1.82) is 0 Å². The molecule has 184 valence electrons. The van der Waals surface area contributed by atoms with Crippen molar-refractivity contribution in [2.24, 2.45) is 23.2 Å². The van der Waals surface area contributed by atoms with E-state index in [9.17, 15) is 19.5 Å². The Morgan fingerprint density at radius 1 is 1.03 bits per heavy atom. The lowest BCUT2D eigenvalue weighted by Gasteiger charge is -2.31. The Bertz CT molecular complexity index is 1110. The van der Waals surface area contributed by atoms with Crippen molar-refractivity contribution in [2.45, 2.75) is 32.6 Å². The molecule has 5 rings (SSSR count). The molecule has 2 N–H and O–H groups in total. The molecule has 0 bridgehead atoms. The maximum Gasteiger partial charge on any atom is 0.407 e. The molecule has 35 heavy (non-hydrogen) atoms. The lowest BCUT2D eigenvalue weighted by molar-refractivity contribution is -0.139. The first-order chi connectivity index (χ1) is 16.7. The van der Waals surface area contributed by atoms with Crippen molar-refractivity contribution in [3.05, 3.63) is 59.7 Å². The lowest BCUT2D eigenvalue weighted by atomic mass is 9.88. The summed E-state index contributed by atoms with van der Waals surface area (Å²) in [6, 6.07) is 16.4. The van der Waals surface area contributed by atoms with E-state index in [1.165, 1.54) is 11.1 Å². The molecule has 2 aromatic carbocycles. The van der Waals surface area contributed by atoms with Crippen LogP contribution in [0.15, 0.2) is 48.5 Å². The summed E-state index contributed by atoms with van der Waals surface area (Å²) in [6.07, 6.45) is 0.549. The number of hydrogen-bond acceptors (Lipinski definition) is 4. The standard InChI is InChI=1S/C28H32N2O5/c1-28(2,13-24(31)30-12-11-21-22(14-30)25(21)26(32)33)16-29-27(34)35-15-23-19-9-5-3-7-17(19)18-8-4-6-10-20(18)23/h3-10,21-23,25H,11-16H2,1-2H3,(H,29,34)(H,32,33)/t21-,22+,25?/m1/s1. The second-order valence-electron chi connectivity index (χ2n) is 10.8. The Labute approximate surface area is 205 Å². The average Bonchev–Trinajstić information content (AvgIpc) is 3.49. The van der Waals surface area contributed by atoms with Crippen LogP contribution in [-0.2, 0) is 14.3 Å². The Balaban J connectivity index is 1.11. The largest absolute Gasteiger partial charge is 0.481 e. The predicted octanol–water partition coefficient (Wildman–Crippen LogP) is 4.12. The first-order valence-electron chi connectivity index (χ1n) is 12.3. The van der Waals surface area contributed by atoms with E-state index in [2.05, 4.69) is 29.6 Å². The van der Waals surface area contributed by atoms with Gasteiger partial charge in [-0.15, -0.1) is 0 Å². The molecule has 1 saturated carbocycles. The molecule has 3 aliphatic rings. The maximum absolute atomic E-state index is 12.9. The van der Waals surface area contributed by atoms with E-state index < -0.39 is 17.5 Å². The second-order valence-corrected chi connectivity index (χ2v) is 10.8. The molecule has 1 heterocycles. The number of ether oxygens (including phenoxy) is 1. The molecule has 3 atom stereocenters. The summed E-state index contributed by atoms with van der Waals surface area (Å²) < 4.78 is 5.61. The molecular weight excluding hydrogens is 444 g/mol. The van der Waals surface area contributed by atoms with E-state index in [0.717, 1.165) is 17.5 Å². The molecule has 2 fully saturated rings. The van der Waals surface area contributed by atoms with E-state index in [-0.39, 0.29) is 42.6 Å². The molecule has 2 aliphatic carbocycles. The molecule has 0 spiro atoms. The fourth-order valence-electron chi connectivity index (χ4n) is 5.88. The fourth-order valence-corrected chi connectivity index (χ4v) is 5.88. The topological polar surface area (TPSA) is 95.9 Å². The third-order valence-corrected chi connectivity index (χ3v) is 7.82. The SMILES string of the molecule is CC(C)(CNC(=O)OCC1c2ccccc2-c2ccccc21)CC(=O)N1CC[C@H]2C(C(=O)O)[C@H]2C1. The minimum atomic E-state index is -0.748. The maximum atomic E-state index is 12.9. The molecule has 0 aromatic heterocycles. The highest BCUT2D eigenvalue weighted by Crippen LogP contribution is 2.51. The second kappa shape index (κ2) is 9.02. The molecule has 1 saturated heterocycles. The summed E-state index contributed by atoms with van der Waals surface area (Å²) in [5.74, 6) is -0.716. The molecule has 0 radical (unpaired) electrons. The number of nitrogens with one attached hydrogen (secondary N) is 1. The number of carboxylic acid groups (broad SMARTS) is 1. The van der Waals surface area contributed by atoms with Crippen LogP contribution in [0.4, 0.5) is 4.79 Å². The number of piperidine rings is 1. The van der Waals surface area contributed by atoms with Crippen molar-refractivity contribution in [1.82, 2.24) is 10.2 Å². The van der Waals surface area contributed by atoms with Gasteiger partial charge in [0.2, 0.25) is 5.91 Å². The zero-order chi connectivity index (χ0) is 24.7. The molecular formula is C28H32N2O5. The van der Waals surface area contributed by atoms with Gasteiger partial charge in [0.1, 0.15) is 6.61 Å². The van der Waals surface area contributed by atoms with Gasteiger partial charge < -0.3 is 20.1 Å². The molecule has 2 amide bonds. The van der Waals surface area contributed by atoms with Crippen LogP contribution in [0.3, 0.4) is 0 Å². The van der Waals surface area contributed by atoms with Gasteiger partial charge >= 0.3 is 12.1 Å². The monoisotopic (exact) mass is 476 g/mol. The average molecular weight is 477 g/mol. The highest BCUT2D eigenvalue weighted by atomic mass is 16.5. The summed E-state index contributed by atoms with van der Waals surface area (Å²) in [5.41, 5.74) is 4.24. The third-order valence-electron chi connectivity index (χ3n) is 7.82. The normalized spacial score (nSPS) is 22.6. The van der Waals surface area contributed by atoms with Crippen molar-refractivity contribution in [3.8, 4) is 11.1 Å². The molecule has 2 aromatic rings. The number of fused-ring (bicyclic) bond motifs is 4. The molecule has 7 nitrogen and oxygen atoms in total. The number of rotatable bonds is 7. The summed E-state index contributed by atoms with van der Waals surface area (Å²) in [7, 11) is 0. The number of aliphatic carboxylic acids is 1. The van der Waals surface area contributed by atoms with Gasteiger partial charge in [-0.3, -0.25) is 9.59 Å². The Morgan fingerprint density at radius 2 is 1.66 bits per heavy atom. The smallest absolute Gasteiger partial charge is 0.407 e. The van der Waals surface area contributed by atoms with Crippen molar-refractivity contribution in [3.63, 3.8) is 0 Å². The Kier molecular flexibility index (Phi) is 6.03. The first kappa shape index (κ1) is 23.4. The zero-order valence-corrected chi connectivity index (χ0v) is 20.2. The highest BCUT2D eigenvalue weighted by Gasteiger charge is 2.57. The number of carbonyl (C=O) groups excluding carboxylic acids is 2. The predicted molar refractivity (Wildman–Crippen MR) is 131 cm³/mol. The van der Waals surface area contributed by atoms with Crippen molar-refractivity contribution >= 4 is 18.0 Å². The van der Waals surface area contributed by atoms with Gasteiger partial charge in [-0.1, -0.05) is 62.4 Å². The number of nitrogens with zero attached hydrogens (tertiary/aromatic N) is 1. The quantitative estimate of drug-likeness (QED) is 0.627. The number of carbonyl (C=O) groups is 3. The molecule has 1 aliphatic heterocycles. The van der Waals surface area contributed by atoms with Gasteiger partial charge in [-0.05, 0) is 45.9 Å². The molecule has 7 heteroatoms. The van der Waals surface area contributed by atoms with E-state index >= 15 is 0 Å². The van der Waals surface area contributed by atoms with Crippen molar-refractivity contribution in [2.75, 3.05) is 26.2 Å². The number of likely N-dealkylation sites (tertiary alicyclic amines) is 1. The number of carboxylic acids is 1. The van der Waals surface area contributed by atoms with Gasteiger partial charge in [0.15, 0.2) is 0 Å². The van der Waals surface area contributed by atoms with Crippen LogP contribution in [0.1, 0.15) is 43.7 Å².